The van der Waals surface area contributed by atoms with Crippen LogP contribution in [0.2, 0.25) is 5.02 Å². The van der Waals surface area contributed by atoms with Gasteiger partial charge in [0.05, 0.1) is 28.5 Å². The Morgan fingerprint density at radius 1 is 1.00 bits per heavy atom. The smallest absolute Gasteiger partial charge is 0.174 e. The monoisotopic (exact) mass is 570 g/mol. The maximum absolute atomic E-state index is 6.97. The predicted octanol–water partition coefficient (Wildman–Crippen LogP) is 7.01. The van der Waals surface area contributed by atoms with Crippen LogP contribution in [0.25, 0.3) is 0 Å². The summed E-state index contributed by atoms with van der Waals surface area (Å²) in [6.07, 6.45) is 7.93. The molecule has 2 atom stereocenters. The minimum Gasteiger partial charge on any atom is -0.370 e. The topological polar surface area (TPSA) is 49.2 Å². The first-order valence-electron chi connectivity index (χ1n) is 14.0. The number of aryl methyl sites for hydroxylation is 1. The summed E-state index contributed by atoms with van der Waals surface area (Å²) in [5.74, 6) is 0.768. The molecule has 2 saturated heterocycles. The Kier molecular flexibility index (Phi) is 7.51. The zero-order valence-corrected chi connectivity index (χ0v) is 24.8. The van der Waals surface area contributed by atoms with Gasteiger partial charge < -0.3 is 19.7 Å². The molecule has 2 aliphatic heterocycles. The first-order valence-corrected chi connectivity index (χ1v) is 14.8. The van der Waals surface area contributed by atoms with E-state index >= 15 is 0 Å². The number of halogens is 1. The molecule has 1 N–H and O–H groups in total. The normalized spacial score (nSPS) is 19.8. The van der Waals surface area contributed by atoms with Gasteiger partial charge in [-0.1, -0.05) is 24.6 Å². The van der Waals surface area contributed by atoms with Crippen LogP contribution in [0.15, 0.2) is 73.2 Å². The quantitative estimate of drug-likeness (QED) is 0.252. The lowest BCUT2D eigenvalue weighted by atomic mass is 9.96. The third-order valence-corrected chi connectivity index (χ3v) is 9.07. The van der Waals surface area contributed by atoms with Crippen molar-refractivity contribution in [2.75, 3.05) is 22.9 Å². The Labute approximate surface area is 247 Å². The lowest BCUT2D eigenvalue weighted by Crippen LogP contribution is -2.33. The van der Waals surface area contributed by atoms with E-state index in [9.17, 15) is 0 Å². The third-order valence-electron chi connectivity index (χ3n) is 8.45. The van der Waals surface area contributed by atoms with Crippen LogP contribution >= 0.6 is 23.8 Å². The van der Waals surface area contributed by atoms with E-state index in [4.69, 9.17) is 28.8 Å². The fraction of sp³-hybridized carbons (Fsp3) is 0.344. The maximum Gasteiger partial charge on any atom is 0.174 e. The fourth-order valence-corrected chi connectivity index (χ4v) is 6.78. The lowest BCUT2D eigenvalue weighted by Gasteiger charge is -2.33. The van der Waals surface area contributed by atoms with E-state index in [2.05, 4.69) is 87.9 Å². The maximum atomic E-state index is 6.97. The largest absolute Gasteiger partial charge is 0.370 e. The molecule has 206 valence electrons. The molecule has 2 aliphatic rings. The lowest BCUT2D eigenvalue weighted by molar-refractivity contribution is 0.438. The SMILES string of the molecule is Cc1cc([C@@H]2[C@@H](c3ccccn3)NC(=S)N2c2ccc(N3CCC(C)CC3)c(Cl)c2)c(C)n1Cc1ccncc1. The van der Waals surface area contributed by atoms with Crippen LogP contribution in [0.3, 0.4) is 0 Å². The first kappa shape index (κ1) is 26.8. The molecule has 0 unspecified atom stereocenters. The highest BCUT2D eigenvalue weighted by Gasteiger charge is 2.42. The van der Waals surface area contributed by atoms with Crippen LogP contribution in [-0.2, 0) is 6.54 Å². The second kappa shape index (κ2) is 11.2. The number of thiocarbonyl (C=S) groups is 1. The molecular weight excluding hydrogens is 536 g/mol. The number of pyridine rings is 2. The molecule has 0 bridgehead atoms. The van der Waals surface area contributed by atoms with Gasteiger partial charge in [-0.2, -0.15) is 0 Å². The molecule has 5 heterocycles. The molecule has 0 spiro atoms. The van der Waals surface area contributed by atoms with E-state index in [-0.39, 0.29) is 12.1 Å². The van der Waals surface area contributed by atoms with Gasteiger partial charge in [0.1, 0.15) is 0 Å². The number of piperidine rings is 1. The van der Waals surface area contributed by atoms with Gasteiger partial charge in [-0.25, -0.2) is 0 Å². The summed E-state index contributed by atoms with van der Waals surface area (Å²) in [6.45, 7) is 9.56. The Hall–Kier alpha value is -3.42. The molecule has 4 aromatic rings. The van der Waals surface area contributed by atoms with Gasteiger partial charge in [-0.3, -0.25) is 9.97 Å². The first-order chi connectivity index (χ1) is 19.4. The molecule has 0 amide bonds. The van der Waals surface area contributed by atoms with Gasteiger partial charge in [0.25, 0.3) is 0 Å². The fourth-order valence-electron chi connectivity index (χ4n) is 6.14. The Bertz CT molecular complexity index is 1500. The van der Waals surface area contributed by atoms with Crippen LogP contribution in [0, 0.1) is 19.8 Å². The van der Waals surface area contributed by atoms with Crippen molar-refractivity contribution in [1.82, 2.24) is 19.9 Å². The molecule has 6 rings (SSSR count). The van der Waals surface area contributed by atoms with Gasteiger partial charge in [0, 0.05) is 55.3 Å². The second-order valence-corrected chi connectivity index (χ2v) is 11.9. The van der Waals surface area contributed by atoms with E-state index in [1.807, 2.05) is 30.7 Å². The second-order valence-electron chi connectivity index (χ2n) is 11.1. The van der Waals surface area contributed by atoms with Gasteiger partial charge in [0.15, 0.2) is 5.11 Å². The van der Waals surface area contributed by atoms with Crippen molar-refractivity contribution in [1.29, 1.82) is 0 Å². The van der Waals surface area contributed by atoms with Gasteiger partial charge >= 0.3 is 0 Å². The van der Waals surface area contributed by atoms with Gasteiger partial charge in [0.2, 0.25) is 0 Å². The number of hydrogen-bond acceptors (Lipinski definition) is 4. The van der Waals surface area contributed by atoms with E-state index in [0.29, 0.717) is 5.11 Å². The number of benzene rings is 1. The number of aromatic nitrogens is 3. The highest BCUT2D eigenvalue weighted by molar-refractivity contribution is 7.80. The average Bonchev–Trinajstić information content (AvgIpc) is 3.45. The minimum absolute atomic E-state index is 0.0856. The van der Waals surface area contributed by atoms with Crippen molar-refractivity contribution in [2.24, 2.45) is 5.92 Å². The summed E-state index contributed by atoms with van der Waals surface area (Å²) in [5.41, 5.74) is 7.90. The average molecular weight is 571 g/mol. The number of rotatable bonds is 6. The van der Waals surface area contributed by atoms with Gasteiger partial charge in [-0.05, 0) is 104 Å². The highest BCUT2D eigenvalue weighted by atomic mass is 35.5. The molecule has 3 aromatic heterocycles. The van der Waals surface area contributed by atoms with Crippen LogP contribution in [0.4, 0.5) is 11.4 Å². The van der Waals surface area contributed by atoms with Crippen molar-refractivity contribution in [3.63, 3.8) is 0 Å². The van der Waals surface area contributed by atoms with Crippen LogP contribution in [0.5, 0.6) is 0 Å². The van der Waals surface area contributed by atoms with E-state index < -0.39 is 0 Å². The highest BCUT2D eigenvalue weighted by Crippen LogP contribution is 2.45. The van der Waals surface area contributed by atoms with Crippen molar-refractivity contribution >= 4 is 40.3 Å². The van der Waals surface area contributed by atoms with Crippen LogP contribution in [0.1, 0.15) is 60.1 Å². The summed E-state index contributed by atoms with van der Waals surface area (Å²) in [6, 6.07) is 18.7. The molecule has 8 heteroatoms. The summed E-state index contributed by atoms with van der Waals surface area (Å²) in [7, 11) is 0. The van der Waals surface area contributed by atoms with Gasteiger partial charge in [-0.15, -0.1) is 0 Å². The number of anilines is 2. The zero-order chi connectivity index (χ0) is 27.8. The van der Waals surface area contributed by atoms with Crippen molar-refractivity contribution in [2.45, 2.75) is 52.2 Å². The van der Waals surface area contributed by atoms with Crippen LogP contribution in [-0.4, -0.2) is 32.7 Å². The van der Waals surface area contributed by atoms with Crippen LogP contribution < -0.4 is 15.1 Å². The van der Waals surface area contributed by atoms with E-state index in [0.717, 1.165) is 47.6 Å². The summed E-state index contributed by atoms with van der Waals surface area (Å²) in [4.78, 5) is 13.5. The predicted molar refractivity (Wildman–Crippen MR) is 167 cm³/mol. The molecule has 0 radical (unpaired) electrons. The summed E-state index contributed by atoms with van der Waals surface area (Å²) >= 11 is 13.0. The summed E-state index contributed by atoms with van der Waals surface area (Å²) in [5, 5.41) is 5.04. The van der Waals surface area contributed by atoms with Crippen molar-refractivity contribution in [3.05, 3.63) is 106 Å². The number of nitrogens with one attached hydrogen (secondary N) is 1. The van der Waals surface area contributed by atoms with E-state index in [1.54, 1.807) is 0 Å². The molecule has 1 aromatic carbocycles. The van der Waals surface area contributed by atoms with E-state index in [1.165, 1.54) is 35.4 Å². The molecule has 2 fully saturated rings. The molecular formula is C32H35ClN6S. The number of nitrogens with zero attached hydrogens (tertiary/aromatic N) is 5. The molecule has 0 aliphatic carbocycles. The molecule has 40 heavy (non-hydrogen) atoms. The summed E-state index contributed by atoms with van der Waals surface area (Å²) < 4.78 is 2.37. The molecule has 6 nitrogen and oxygen atoms in total. The Morgan fingerprint density at radius 3 is 2.48 bits per heavy atom. The third kappa shape index (κ3) is 5.08. The standard InChI is InChI=1S/C32H35ClN6S/c1-21-11-16-37(17-12-21)29-8-7-25(19-27(29)33)39-31(30(36-32(39)40)28-6-4-5-13-35-28)26-18-22(2)38(23(26)3)20-24-9-14-34-15-10-24/h4-10,13-15,18-19,21,30-31H,11-12,16-17,20H2,1-3H3,(H,36,40)/t30-,31-/m1/s1. The molecule has 0 saturated carbocycles. The van der Waals surface area contributed by atoms with Crippen molar-refractivity contribution in [3.8, 4) is 0 Å². The Balaban J connectivity index is 1.40. The number of hydrogen-bond donors (Lipinski definition) is 1. The Morgan fingerprint density at radius 2 is 1.77 bits per heavy atom. The minimum atomic E-state index is -0.106. The zero-order valence-electron chi connectivity index (χ0n) is 23.2. The van der Waals surface area contributed by atoms with Crippen molar-refractivity contribution < 1.29 is 0 Å².